The van der Waals surface area contributed by atoms with Crippen LogP contribution in [0.4, 0.5) is 4.39 Å². The standard InChI is InChI=1S/C11H13FN2/c12-10-4-2-9(3-5-10)8-11-13-6-1-7-14-11/h2-5H,1,6-8H2,(H,13,14). The lowest BCUT2D eigenvalue weighted by Gasteiger charge is -2.14. The van der Waals surface area contributed by atoms with Crippen molar-refractivity contribution in [3.05, 3.63) is 35.6 Å². The molecule has 0 fully saturated rings. The van der Waals surface area contributed by atoms with E-state index in [1.54, 1.807) is 12.1 Å². The number of amidine groups is 1. The highest BCUT2D eigenvalue weighted by atomic mass is 19.1. The Morgan fingerprint density at radius 1 is 1.29 bits per heavy atom. The van der Waals surface area contributed by atoms with Crippen LogP contribution < -0.4 is 5.32 Å². The van der Waals surface area contributed by atoms with Gasteiger partial charge in [-0.25, -0.2) is 4.39 Å². The molecule has 1 aliphatic heterocycles. The number of nitrogens with zero attached hydrogens (tertiary/aromatic N) is 1. The SMILES string of the molecule is Fc1ccc(CC2=NCCCN2)cc1. The van der Waals surface area contributed by atoms with Gasteiger partial charge in [-0.15, -0.1) is 0 Å². The Morgan fingerprint density at radius 3 is 2.71 bits per heavy atom. The summed E-state index contributed by atoms with van der Waals surface area (Å²) < 4.78 is 12.6. The molecule has 0 spiro atoms. The summed E-state index contributed by atoms with van der Waals surface area (Å²) in [4.78, 5) is 4.36. The number of hydrogen-bond donors (Lipinski definition) is 1. The smallest absolute Gasteiger partial charge is 0.123 e. The van der Waals surface area contributed by atoms with Crippen molar-refractivity contribution in [2.45, 2.75) is 12.8 Å². The minimum Gasteiger partial charge on any atom is -0.373 e. The highest BCUT2D eigenvalue weighted by molar-refractivity contribution is 5.84. The molecule has 14 heavy (non-hydrogen) atoms. The van der Waals surface area contributed by atoms with Crippen molar-refractivity contribution >= 4 is 5.84 Å². The van der Waals surface area contributed by atoms with Crippen LogP contribution in [0.5, 0.6) is 0 Å². The fourth-order valence-corrected chi connectivity index (χ4v) is 1.50. The molecule has 1 heterocycles. The summed E-state index contributed by atoms with van der Waals surface area (Å²) in [6, 6.07) is 6.57. The van der Waals surface area contributed by atoms with E-state index in [4.69, 9.17) is 0 Å². The first kappa shape index (κ1) is 9.19. The van der Waals surface area contributed by atoms with Crippen LogP contribution in [0.3, 0.4) is 0 Å². The van der Waals surface area contributed by atoms with Crippen molar-refractivity contribution in [3.63, 3.8) is 0 Å². The Balaban J connectivity index is 2.03. The van der Waals surface area contributed by atoms with E-state index in [0.29, 0.717) is 0 Å². The third-order valence-electron chi connectivity index (χ3n) is 2.25. The van der Waals surface area contributed by atoms with Gasteiger partial charge in [-0.1, -0.05) is 12.1 Å². The molecule has 0 aromatic heterocycles. The van der Waals surface area contributed by atoms with Gasteiger partial charge in [-0.3, -0.25) is 4.99 Å². The van der Waals surface area contributed by atoms with E-state index in [0.717, 1.165) is 37.3 Å². The van der Waals surface area contributed by atoms with Crippen molar-refractivity contribution in [3.8, 4) is 0 Å². The molecule has 0 bridgehead atoms. The molecule has 2 nitrogen and oxygen atoms in total. The molecule has 1 N–H and O–H groups in total. The lowest BCUT2D eigenvalue weighted by Crippen LogP contribution is -2.30. The Morgan fingerprint density at radius 2 is 2.07 bits per heavy atom. The van der Waals surface area contributed by atoms with Gasteiger partial charge < -0.3 is 5.32 Å². The molecule has 0 radical (unpaired) electrons. The molecule has 0 unspecified atom stereocenters. The maximum atomic E-state index is 12.6. The molecular weight excluding hydrogens is 179 g/mol. The predicted molar refractivity (Wildman–Crippen MR) is 55.0 cm³/mol. The summed E-state index contributed by atoms with van der Waals surface area (Å²) in [5, 5.41) is 3.24. The molecule has 0 atom stereocenters. The van der Waals surface area contributed by atoms with Crippen LogP contribution >= 0.6 is 0 Å². The fraction of sp³-hybridized carbons (Fsp3) is 0.364. The van der Waals surface area contributed by atoms with E-state index in [9.17, 15) is 4.39 Å². The van der Waals surface area contributed by atoms with Crippen LogP contribution in [0.2, 0.25) is 0 Å². The van der Waals surface area contributed by atoms with E-state index in [1.807, 2.05) is 0 Å². The summed E-state index contributed by atoms with van der Waals surface area (Å²) >= 11 is 0. The molecule has 0 amide bonds. The predicted octanol–water partition coefficient (Wildman–Crippen LogP) is 1.76. The van der Waals surface area contributed by atoms with Crippen molar-refractivity contribution in [2.75, 3.05) is 13.1 Å². The minimum absolute atomic E-state index is 0.188. The van der Waals surface area contributed by atoms with Gasteiger partial charge in [0, 0.05) is 19.5 Å². The van der Waals surface area contributed by atoms with Crippen molar-refractivity contribution in [2.24, 2.45) is 4.99 Å². The van der Waals surface area contributed by atoms with Gasteiger partial charge in [0.15, 0.2) is 0 Å². The van der Waals surface area contributed by atoms with E-state index in [1.165, 1.54) is 12.1 Å². The summed E-state index contributed by atoms with van der Waals surface area (Å²) in [5.74, 6) is 0.829. The lowest BCUT2D eigenvalue weighted by molar-refractivity contribution is 0.627. The number of nitrogens with one attached hydrogen (secondary N) is 1. The fourth-order valence-electron chi connectivity index (χ4n) is 1.50. The zero-order valence-corrected chi connectivity index (χ0v) is 7.96. The maximum Gasteiger partial charge on any atom is 0.123 e. The van der Waals surface area contributed by atoms with Gasteiger partial charge in [-0.05, 0) is 24.1 Å². The summed E-state index contributed by atoms with van der Waals surface area (Å²) in [6.07, 6.45) is 1.88. The topological polar surface area (TPSA) is 24.4 Å². The van der Waals surface area contributed by atoms with Gasteiger partial charge in [-0.2, -0.15) is 0 Å². The first-order chi connectivity index (χ1) is 6.84. The summed E-state index contributed by atoms with van der Waals surface area (Å²) in [7, 11) is 0. The van der Waals surface area contributed by atoms with Crippen LogP contribution in [-0.2, 0) is 6.42 Å². The zero-order chi connectivity index (χ0) is 9.80. The Bertz CT molecular complexity index is 330. The quantitative estimate of drug-likeness (QED) is 0.758. The van der Waals surface area contributed by atoms with Gasteiger partial charge in [0.2, 0.25) is 0 Å². The largest absolute Gasteiger partial charge is 0.373 e. The molecule has 3 heteroatoms. The second-order valence-corrected chi connectivity index (χ2v) is 3.41. The van der Waals surface area contributed by atoms with E-state index in [2.05, 4.69) is 10.3 Å². The molecule has 0 saturated heterocycles. The lowest BCUT2D eigenvalue weighted by atomic mass is 10.1. The third kappa shape index (κ3) is 2.31. The van der Waals surface area contributed by atoms with E-state index >= 15 is 0 Å². The third-order valence-corrected chi connectivity index (χ3v) is 2.25. The van der Waals surface area contributed by atoms with E-state index in [-0.39, 0.29) is 5.82 Å². The average molecular weight is 192 g/mol. The first-order valence-corrected chi connectivity index (χ1v) is 4.86. The van der Waals surface area contributed by atoms with Gasteiger partial charge in [0.1, 0.15) is 11.7 Å². The number of hydrogen-bond acceptors (Lipinski definition) is 2. The maximum absolute atomic E-state index is 12.6. The molecule has 74 valence electrons. The molecule has 1 aliphatic rings. The molecule has 1 aromatic carbocycles. The molecule has 1 aromatic rings. The minimum atomic E-state index is -0.188. The Labute approximate surface area is 82.9 Å². The molecule has 0 saturated carbocycles. The van der Waals surface area contributed by atoms with Crippen LogP contribution in [-0.4, -0.2) is 18.9 Å². The van der Waals surface area contributed by atoms with Crippen LogP contribution in [0, 0.1) is 5.82 Å². The van der Waals surface area contributed by atoms with Gasteiger partial charge in [0.05, 0.1) is 0 Å². The van der Waals surface area contributed by atoms with E-state index < -0.39 is 0 Å². The van der Waals surface area contributed by atoms with Crippen LogP contribution in [0.1, 0.15) is 12.0 Å². The van der Waals surface area contributed by atoms with Crippen molar-refractivity contribution in [1.29, 1.82) is 0 Å². The number of benzene rings is 1. The average Bonchev–Trinajstić information content (AvgIpc) is 2.23. The first-order valence-electron chi connectivity index (χ1n) is 4.86. The normalized spacial score (nSPS) is 15.9. The van der Waals surface area contributed by atoms with Crippen molar-refractivity contribution in [1.82, 2.24) is 5.32 Å². The highest BCUT2D eigenvalue weighted by Crippen LogP contribution is 2.05. The summed E-state index contributed by atoms with van der Waals surface area (Å²) in [6.45, 7) is 1.91. The Hall–Kier alpha value is -1.38. The Kier molecular flexibility index (Phi) is 2.77. The highest BCUT2D eigenvalue weighted by Gasteiger charge is 2.04. The number of aliphatic imine (C=N–C) groups is 1. The monoisotopic (exact) mass is 192 g/mol. The zero-order valence-electron chi connectivity index (χ0n) is 7.96. The molecule has 0 aliphatic carbocycles. The van der Waals surface area contributed by atoms with Crippen LogP contribution in [0.25, 0.3) is 0 Å². The van der Waals surface area contributed by atoms with Gasteiger partial charge >= 0.3 is 0 Å². The van der Waals surface area contributed by atoms with Gasteiger partial charge in [0.25, 0.3) is 0 Å². The van der Waals surface area contributed by atoms with Crippen LogP contribution in [0.15, 0.2) is 29.3 Å². The number of halogens is 1. The molecular formula is C11H13FN2. The summed E-state index contributed by atoms with van der Waals surface area (Å²) in [5.41, 5.74) is 1.10. The second kappa shape index (κ2) is 4.22. The van der Waals surface area contributed by atoms with Crippen molar-refractivity contribution < 1.29 is 4.39 Å². The second-order valence-electron chi connectivity index (χ2n) is 3.41. The number of rotatable bonds is 2. The molecule has 2 rings (SSSR count).